The Labute approximate surface area is 121 Å². The molecular weight excluding hydrogens is 276 g/mol. The summed E-state index contributed by atoms with van der Waals surface area (Å²) in [6.07, 6.45) is 0. The molecule has 0 spiro atoms. The van der Waals surface area contributed by atoms with E-state index in [0.29, 0.717) is 27.6 Å². The van der Waals surface area contributed by atoms with E-state index in [4.69, 9.17) is 21.6 Å². The maximum absolute atomic E-state index is 12.0. The van der Waals surface area contributed by atoms with E-state index in [1.807, 2.05) is 6.07 Å². The van der Waals surface area contributed by atoms with Gasteiger partial charge in [0.05, 0.1) is 17.7 Å². The average molecular weight is 287 g/mol. The predicted molar refractivity (Wildman–Crippen MR) is 77.1 cm³/mol. The maximum Gasteiger partial charge on any atom is 0.255 e. The van der Waals surface area contributed by atoms with Gasteiger partial charge in [-0.05, 0) is 42.5 Å². The van der Waals surface area contributed by atoms with E-state index >= 15 is 0 Å². The first kappa shape index (κ1) is 13.9. The van der Waals surface area contributed by atoms with Crippen LogP contribution < -0.4 is 10.1 Å². The highest BCUT2D eigenvalue weighted by atomic mass is 35.5. The van der Waals surface area contributed by atoms with E-state index in [-0.39, 0.29) is 5.91 Å². The van der Waals surface area contributed by atoms with Crippen molar-refractivity contribution in [2.75, 3.05) is 12.4 Å². The molecule has 2 rings (SSSR count). The summed E-state index contributed by atoms with van der Waals surface area (Å²) in [4.78, 5) is 12.0. The van der Waals surface area contributed by atoms with Crippen LogP contribution in [0.5, 0.6) is 5.75 Å². The average Bonchev–Trinajstić information content (AvgIpc) is 2.47. The van der Waals surface area contributed by atoms with Gasteiger partial charge < -0.3 is 10.1 Å². The third-order valence-corrected chi connectivity index (χ3v) is 3.01. The lowest BCUT2D eigenvalue weighted by Crippen LogP contribution is -2.11. The van der Waals surface area contributed by atoms with Crippen LogP contribution in [0, 0.1) is 11.3 Å². The second-order valence-electron chi connectivity index (χ2n) is 3.99. The van der Waals surface area contributed by atoms with Gasteiger partial charge in [0, 0.05) is 11.3 Å². The summed E-state index contributed by atoms with van der Waals surface area (Å²) in [6, 6.07) is 13.4. The van der Waals surface area contributed by atoms with Crippen LogP contribution in [-0.2, 0) is 0 Å². The second-order valence-corrected chi connectivity index (χ2v) is 4.40. The first-order chi connectivity index (χ1) is 9.63. The summed E-state index contributed by atoms with van der Waals surface area (Å²) in [7, 11) is 1.56. The van der Waals surface area contributed by atoms with Crippen LogP contribution in [0.15, 0.2) is 42.5 Å². The maximum atomic E-state index is 12.0. The van der Waals surface area contributed by atoms with Crippen molar-refractivity contribution in [3.05, 3.63) is 58.6 Å². The molecule has 1 amide bonds. The number of hydrogen-bond acceptors (Lipinski definition) is 3. The van der Waals surface area contributed by atoms with Gasteiger partial charge >= 0.3 is 0 Å². The molecule has 4 nitrogen and oxygen atoms in total. The summed E-state index contributed by atoms with van der Waals surface area (Å²) >= 11 is 5.91. The number of carbonyl (C=O) groups is 1. The minimum atomic E-state index is -0.256. The molecule has 2 aromatic carbocycles. The molecule has 5 heteroatoms. The molecule has 2 aromatic rings. The smallest absolute Gasteiger partial charge is 0.255 e. The van der Waals surface area contributed by atoms with E-state index in [1.165, 1.54) is 0 Å². The molecule has 0 aliphatic carbocycles. The van der Waals surface area contributed by atoms with Crippen LogP contribution >= 0.6 is 11.6 Å². The normalized spacial score (nSPS) is 9.65. The zero-order chi connectivity index (χ0) is 14.5. The molecule has 0 fully saturated rings. The summed E-state index contributed by atoms with van der Waals surface area (Å²) < 4.78 is 5.03. The molecule has 0 radical (unpaired) electrons. The molecule has 0 saturated heterocycles. The Kier molecular flexibility index (Phi) is 4.24. The molecule has 0 atom stereocenters. The fourth-order valence-corrected chi connectivity index (χ4v) is 1.85. The predicted octanol–water partition coefficient (Wildman–Crippen LogP) is 3.47. The van der Waals surface area contributed by atoms with Crippen LogP contribution in [0.4, 0.5) is 5.69 Å². The fourth-order valence-electron chi connectivity index (χ4n) is 1.63. The van der Waals surface area contributed by atoms with Gasteiger partial charge in [0.1, 0.15) is 11.8 Å². The molecule has 0 aliphatic rings. The number of amides is 1. The van der Waals surface area contributed by atoms with Crippen molar-refractivity contribution >= 4 is 23.2 Å². The Morgan fingerprint density at radius 3 is 2.50 bits per heavy atom. The van der Waals surface area contributed by atoms with Crippen molar-refractivity contribution in [2.24, 2.45) is 0 Å². The van der Waals surface area contributed by atoms with Crippen LogP contribution in [-0.4, -0.2) is 13.0 Å². The Bertz CT molecular complexity index is 675. The molecular formula is C15H11ClN2O2. The lowest BCUT2D eigenvalue weighted by Gasteiger charge is -2.07. The van der Waals surface area contributed by atoms with Gasteiger partial charge in [-0.25, -0.2) is 0 Å². The highest BCUT2D eigenvalue weighted by Crippen LogP contribution is 2.21. The number of methoxy groups -OCH3 is 1. The van der Waals surface area contributed by atoms with Crippen molar-refractivity contribution in [1.29, 1.82) is 5.26 Å². The SMILES string of the molecule is COc1ccc(C(=O)Nc2ccc(C#N)c(Cl)c2)cc1. The first-order valence-corrected chi connectivity index (χ1v) is 6.17. The van der Waals surface area contributed by atoms with Crippen molar-refractivity contribution in [2.45, 2.75) is 0 Å². The topological polar surface area (TPSA) is 62.1 Å². The lowest BCUT2D eigenvalue weighted by atomic mass is 10.2. The number of ether oxygens (including phenoxy) is 1. The van der Waals surface area contributed by atoms with Crippen molar-refractivity contribution in [3.8, 4) is 11.8 Å². The molecule has 0 aliphatic heterocycles. The minimum Gasteiger partial charge on any atom is -0.497 e. The van der Waals surface area contributed by atoms with Crippen LogP contribution in [0.1, 0.15) is 15.9 Å². The van der Waals surface area contributed by atoms with Crippen LogP contribution in [0.2, 0.25) is 5.02 Å². The zero-order valence-corrected chi connectivity index (χ0v) is 11.4. The zero-order valence-electron chi connectivity index (χ0n) is 10.7. The Hall–Kier alpha value is -2.51. The number of anilines is 1. The largest absolute Gasteiger partial charge is 0.497 e. The Morgan fingerprint density at radius 2 is 1.95 bits per heavy atom. The second kappa shape index (κ2) is 6.09. The number of carbonyl (C=O) groups excluding carboxylic acids is 1. The fraction of sp³-hybridized carbons (Fsp3) is 0.0667. The number of nitrogens with one attached hydrogen (secondary N) is 1. The molecule has 0 bridgehead atoms. The summed E-state index contributed by atoms with van der Waals surface area (Å²) in [5.74, 6) is 0.427. The molecule has 0 unspecified atom stereocenters. The van der Waals surface area contributed by atoms with Crippen molar-refractivity contribution in [1.82, 2.24) is 0 Å². The van der Waals surface area contributed by atoms with Crippen molar-refractivity contribution in [3.63, 3.8) is 0 Å². The van der Waals surface area contributed by atoms with E-state index in [1.54, 1.807) is 49.6 Å². The van der Waals surface area contributed by atoms with E-state index in [9.17, 15) is 4.79 Å². The number of benzene rings is 2. The number of hydrogen-bond donors (Lipinski definition) is 1. The highest BCUT2D eigenvalue weighted by molar-refractivity contribution is 6.32. The van der Waals surface area contributed by atoms with Crippen molar-refractivity contribution < 1.29 is 9.53 Å². The first-order valence-electron chi connectivity index (χ1n) is 5.79. The van der Waals surface area contributed by atoms with Gasteiger partial charge in [-0.3, -0.25) is 4.79 Å². The Morgan fingerprint density at radius 1 is 1.25 bits per heavy atom. The molecule has 1 N–H and O–H groups in total. The number of nitrogens with zero attached hydrogens (tertiary/aromatic N) is 1. The summed E-state index contributed by atoms with van der Waals surface area (Å²) in [6.45, 7) is 0. The van der Waals surface area contributed by atoms with Gasteiger partial charge in [0.15, 0.2) is 0 Å². The van der Waals surface area contributed by atoms with Gasteiger partial charge in [0.25, 0.3) is 5.91 Å². The number of halogens is 1. The van der Waals surface area contributed by atoms with Crippen LogP contribution in [0.25, 0.3) is 0 Å². The third kappa shape index (κ3) is 3.08. The van der Waals surface area contributed by atoms with Gasteiger partial charge in [-0.15, -0.1) is 0 Å². The van der Waals surface area contributed by atoms with Crippen LogP contribution in [0.3, 0.4) is 0 Å². The van der Waals surface area contributed by atoms with E-state index in [2.05, 4.69) is 5.32 Å². The molecule has 100 valence electrons. The van der Waals surface area contributed by atoms with E-state index in [0.717, 1.165) is 0 Å². The minimum absolute atomic E-state index is 0.256. The number of nitriles is 1. The lowest BCUT2D eigenvalue weighted by molar-refractivity contribution is 0.102. The highest BCUT2D eigenvalue weighted by Gasteiger charge is 2.07. The molecule has 0 heterocycles. The van der Waals surface area contributed by atoms with Gasteiger partial charge in [-0.1, -0.05) is 11.6 Å². The van der Waals surface area contributed by atoms with Gasteiger partial charge in [0.2, 0.25) is 0 Å². The summed E-state index contributed by atoms with van der Waals surface area (Å²) in [5, 5.41) is 11.8. The Balaban J connectivity index is 2.15. The number of rotatable bonds is 3. The molecule has 0 aromatic heterocycles. The molecule has 20 heavy (non-hydrogen) atoms. The third-order valence-electron chi connectivity index (χ3n) is 2.70. The summed E-state index contributed by atoms with van der Waals surface area (Å²) in [5.41, 5.74) is 1.41. The molecule has 0 saturated carbocycles. The standard InChI is InChI=1S/C15H11ClN2O2/c1-20-13-6-3-10(4-7-13)15(19)18-12-5-2-11(9-17)14(16)8-12/h2-8H,1H3,(H,18,19). The monoisotopic (exact) mass is 286 g/mol. The van der Waals surface area contributed by atoms with Gasteiger partial charge in [-0.2, -0.15) is 5.26 Å². The van der Waals surface area contributed by atoms with E-state index < -0.39 is 0 Å². The quantitative estimate of drug-likeness (QED) is 0.939.